The summed E-state index contributed by atoms with van der Waals surface area (Å²) in [7, 11) is 4.46. The molecule has 2 nitrogen and oxygen atoms in total. The average molecular weight is 115 g/mol. The maximum absolute atomic E-state index is 5.69. The fraction of sp³-hybridized carbons (Fsp3) is 1.00. The highest BCUT2D eigenvalue weighted by atomic mass is 15.3. The number of rotatable bonds is 0. The molecule has 0 amide bonds. The summed E-state index contributed by atoms with van der Waals surface area (Å²) in [5.41, 5.74) is 5.69. The molecule has 2 N–H and O–H groups in total. The summed E-state index contributed by atoms with van der Waals surface area (Å²) in [6.45, 7) is 2.40. The first-order valence-corrected chi connectivity index (χ1v) is 3.18. The van der Waals surface area contributed by atoms with Crippen LogP contribution in [0.5, 0.6) is 0 Å². The minimum atomic E-state index is 0.463. The second-order valence-corrected chi connectivity index (χ2v) is 3.39. The zero-order valence-corrected chi connectivity index (χ0v) is 5.72. The Labute approximate surface area is 50.9 Å². The van der Waals surface area contributed by atoms with Gasteiger partial charge in [0, 0.05) is 6.42 Å². The van der Waals surface area contributed by atoms with E-state index in [0.717, 1.165) is 11.0 Å². The van der Waals surface area contributed by atoms with Crippen LogP contribution in [0.15, 0.2) is 0 Å². The smallest absolute Gasteiger partial charge is 0.0938 e. The predicted octanol–water partition coefficient (Wildman–Crippen LogP) is -0.206. The van der Waals surface area contributed by atoms with E-state index < -0.39 is 0 Å². The third kappa shape index (κ3) is 1.20. The van der Waals surface area contributed by atoms with Crippen LogP contribution >= 0.6 is 0 Å². The fourth-order valence-corrected chi connectivity index (χ4v) is 1.33. The summed E-state index contributed by atoms with van der Waals surface area (Å²) in [6, 6.07) is 0.463. The molecule has 1 fully saturated rings. The molecule has 8 heavy (non-hydrogen) atoms. The average Bonchev–Trinajstić information content (AvgIpc) is 1.82. The van der Waals surface area contributed by atoms with E-state index in [9.17, 15) is 0 Å². The molecular weight excluding hydrogens is 100 g/mol. The monoisotopic (exact) mass is 115 g/mol. The maximum Gasteiger partial charge on any atom is 0.0938 e. The predicted molar refractivity (Wildman–Crippen MR) is 34.4 cm³/mol. The van der Waals surface area contributed by atoms with Gasteiger partial charge in [0.25, 0.3) is 0 Å². The van der Waals surface area contributed by atoms with Crippen LogP contribution in [0.25, 0.3) is 0 Å². The number of hydrogen-bond donors (Lipinski definition) is 1. The zero-order chi connectivity index (χ0) is 6.20. The van der Waals surface area contributed by atoms with Gasteiger partial charge in [0.05, 0.1) is 33.2 Å². The Bertz CT molecular complexity index is 88.5. The standard InChI is InChI=1S/C6H15N2/c1-8(2)4-3-6(7)5-8/h6H,3-5,7H2,1-2H3/q+1. The van der Waals surface area contributed by atoms with Gasteiger partial charge < -0.3 is 10.2 Å². The van der Waals surface area contributed by atoms with Gasteiger partial charge in [-0.15, -0.1) is 0 Å². The van der Waals surface area contributed by atoms with Crippen molar-refractivity contribution in [2.45, 2.75) is 12.5 Å². The summed E-state index contributed by atoms with van der Waals surface area (Å²) in [5.74, 6) is 0. The number of nitrogens with two attached hydrogens (primary N) is 1. The molecule has 0 radical (unpaired) electrons. The van der Waals surface area contributed by atoms with E-state index in [1.165, 1.54) is 13.0 Å². The molecule has 0 bridgehead atoms. The SMILES string of the molecule is C[N+]1(C)CCC(N)C1. The van der Waals surface area contributed by atoms with Crippen molar-refractivity contribution in [3.8, 4) is 0 Å². The molecule has 1 atom stereocenters. The lowest BCUT2D eigenvalue weighted by molar-refractivity contribution is -0.878. The molecule has 0 spiro atoms. The van der Waals surface area contributed by atoms with Crippen molar-refractivity contribution in [1.82, 2.24) is 0 Å². The van der Waals surface area contributed by atoms with Crippen LogP contribution in [0.4, 0.5) is 0 Å². The zero-order valence-electron chi connectivity index (χ0n) is 5.72. The molecule has 1 unspecified atom stereocenters. The molecule has 1 rings (SSSR count). The van der Waals surface area contributed by atoms with Crippen LogP contribution in [-0.4, -0.2) is 37.7 Å². The molecule has 0 saturated carbocycles. The number of quaternary nitrogens is 1. The highest BCUT2D eigenvalue weighted by Gasteiger charge is 2.27. The first-order valence-electron chi connectivity index (χ1n) is 3.18. The van der Waals surface area contributed by atoms with Gasteiger partial charge in [-0.25, -0.2) is 0 Å². The van der Waals surface area contributed by atoms with Crippen LogP contribution in [0.1, 0.15) is 6.42 Å². The Hall–Kier alpha value is -0.0800. The van der Waals surface area contributed by atoms with E-state index >= 15 is 0 Å². The van der Waals surface area contributed by atoms with E-state index in [0.29, 0.717) is 6.04 Å². The molecule has 2 heteroatoms. The minimum Gasteiger partial charge on any atom is -0.327 e. The van der Waals surface area contributed by atoms with Crippen molar-refractivity contribution in [3.05, 3.63) is 0 Å². The van der Waals surface area contributed by atoms with Gasteiger partial charge in [-0.05, 0) is 0 Å². The second-order valence-electron chi connectivity index (χ2n) is 3.39. The number of hydrogen-bond acceptors (Lipinski definition) is 1. The first kappa shape index (κ1) is 6.05. The number of likely N-dealkylation sites (N-methyl/N-ethyl adjacent to an activating group) is 1. The largest absolute Gasteiger partial charge is 0.327 e. The molecule has 0 aromatic rings. The Morgan fingerprint density at radius 1 is 1.50 bits per heavy atom. The summed E-state index contributed by atoms with van der Waals surface area (Å²) in [5, 5.41) is 0. The lowest BCUT2D eigenvalue weighted by Gasteiger charge is -2.22. The van der Waals surface area contributed by atoms with Crippen LogP contribution in [-0.2, 0) is 0 Å². The Balaban J connectivity index is 2.44. The quantitative estimate of drug-likeness (QED) is 0.434. The highest BCUT2D eigenvalue weighted by molar-refractivity contribution is 4.65. The fourth-order valence-electron chi connectivity index (χ4n) is 1.33. The summed E-state index contributed by atoms with van der Waals surface area (Å²) in [4.78, 5) is 0. The molecule has 0 aromatic heterocycles. The lowest BCUT2D eigenvalue weighted by atomic mass is 10.3. The van der Waals surface area contributed by atoms with E-state index in [1.54, 1.807) is 0 Å². The van der Waals surface area contributed by atoms with Crippen LogP contribution in [0.3, 0.4) is 0 Å². The third-order valence-corrected chi connectivity index (χ3v) is 1.83. The molecule has 1 aliphatic heterocycles. The number of nitrogens with zero attached hydrogens (tertiary/aromatic N) is 1. The van der Waals surface area contributed by atoms with Crippen molar-refractivity contribution in [2.75, 3.05) is 27.2 Å². The van der Waals surface area contributed by atoms with Crippen molar-refractivity contribution < 1.29 is 4.48 Å². The van der Waals surface area contributed by atoms with E-state index in [2.05, 4.69) is 14.1 Å². The van der Waals surface area contributed by atoms with Crippen LogP contribution < -0.4 is 5.73 Å². The van der Waals surface area contributed by atoms with Gasteiger partial charge in [-0.3, -0.25) is 0 Å². The van der Waals surface area contributed by atoms with Crippen molar-refractivity contribution in [3.63, 3.8) is 0 Å². The molecule has 0 aliphatic carbocycles. The Morgan fingerprint density at radius 2 is 2.12 bits per heavy atom. The normalized spacial score (nSPS) is 35.6. The van der Waals surface area contributed by atoms with E-state index in [1.807, 2.05) is 0 Å². The van der Waals surface area contributed by atoms with Gasteiger partial charge in [0.2, 0.25) is 0 Å². The highest BCUT2D eigenvalue weighted by Crippen LogP contribution is 2.10. The van der Waals surface area contributed by atoms with Crippen molar-refractivity contribution in [1.29, 1.82) is 0 Å². The molecule has 1 heterocycles. The maximum atomic E-state index is 5.69. The Kier molecular flexibility index (Phi) is 1.29. The van der Waals surface area contributed by atoms with Crippen LogP contribution in [0.2, 0.25) is 0 Å². The van der Waals surface area contributed by atoms with E-state index in [-0.39, 0.29) is 0 Å². The van der Waals surface area contributed by atoms with E-state index in [4.69, 9.17) is 5.73 Å². The summed E-state index contributed by atoms with van der Waals surface area (Å²) < 4.78 is 1.11. The van der Waals surface area contributed by atoms with Gasteiger partial charge in [-0.1, -0.05) is 0 Å². The van der Waals surface area contributed by atoms with Crippen molar-refractivity contribution in [2.24, 2.45) is 5.73 Å². The minimum absolute atomic E-state index is 0.463. The summed E-state index contributed by atoms with van der Waals surface area (Å²) >= 11 is 0. The summed E-state index contributed by atoms with van der Waals surface area (Å²) in [6.07, 6.45) is 1.20. The molecule has 1 saturated heterocycles. The van der Waals surface area contributed by atoms with Gasteiger partial charge in [-0.2, -0.15) is 0 Å². The molecule has 0 aromatic carbocycles. The molecule has 1 aliphatic rings. The first-order chi connectivity index (χ1) is 3.60. The van der Waals surface area contributed by atoms with Crippen LogP contribution in [0, 0.1) is 0 Å². The molecule has 48 valence electrons. The second kappa shape index (κ2) is 1.71. The van der Waals surface area contributed by atoms with Crippen molar-refractivity contribution >= 4 is 0 Å². The number of likely N-dealkylation sites (tertiary alicyclic amines) is 1. The Morgan fingerprint density at radius 3 is 2.25 bits per heavy atom. The lowest BCUT2D eigenvalue weighted by Crippen LogP contribution is -2.38. The molecular formula is C6H15N2+. The van der Waals surface area contributed by atoms with Gasteiger partial charge >= 0.3 is 0 Å². The topological polar surface area (TPSA) is 26.0 Å². The van der Waals surface area contributed by atoms with Gasteiger partial charge in [0.1, 0.15) is 0 Å². The third-order valence-electron chi connectivity index (χ3n) is 1.83. The van der Waals surface area contributed by atoms with Gasteiger partial charge in [0.15, 0.2) is 0 Å².